The molecule has 0 saturated heterocycles. The van der Waals surface area contributed by atoms with Crippen LogP contribution in [-0.4, -0.2) is 48.4 Å². The summed E-state index contributed by atoms with van der Waals surface area (Å²) in [5, 5.41) is 7.84. The molecule has 1 N–H and O–H groups in total. The minimum atomic E-state index is 0.621. The van der Waals surface area contributed by atoms with E-state index in [2.05, 4.69) is 63.9 Å². The lowest BCUT2D eigenvalue weighted by molar-refractivity contribution is 0.366. The van der Waals surface area contributed by atoms with Crippen molar-refractivity contribution in [2.24, 2.45) is 5.92 Å². The molecular weight excluding hydrogens is 292 g/mol. The molecule has 1 atom stereocenters. The van der Waals surface area contributed by atoms with E-state index >= 15 is 0 Å². The van der Waals surface area contributed by atoms with Gasteiger partial charge in [0.25, 0.3) is 0 Å². The van der Waals surface area contributed by atoms with Crippen molar-refractivity contribution in [1.29, 1.82) is 0 Å². The molecular formula is C13H25BrN4. The second-order valence-corrected chi connectivity index (χ2v) is 5.94. The molecule has 18 heavy (non-hydrogen) atoms. The SMILES string of the molecule is CCNCC(C)Cc1c(Br)cnn1CCN(C)C. The summed E-state index contributed by atoms with van der Waals surface area (Å²) in [6.07, 6.45) is 2.96. The molecule has 0 bridgehead atoms. The molecule has 0 aromatic carbocycles. The smallest absolute Gasteiger partial charge is 0.0635 e. The lowest BCUT2D eigenvalue weighted by Gasteiger charge is -2.15. The summed E-state index contributed by atoms with van der Waals surface area (Å²) in [4.78, 5) is 2.18. The number of hydrogen-bond donors (Lipinski definition) is 1. The van der Waals surface area contributed by atoms with Crippen molar-refractivity contribution in [2.45, 2.75) is 26.8 Å². The Balaban J connectivity index is 2.60. The highest BCUT2D eigenvalue weighted by molar-refractivity contribution is 9.10. The van der Waals surface area contributed by atoms with E-state index in [4.69, 9.17) is 0 Å². The normalized spacial score (nSPS) is 13.2. The Morgan fingerprint density at radius 1 is 1.50 bits per heavy atom. The van der Waals surface area contributed by atoms with Gasteiger partial charge in [0.1, 0.15) is 0 Å². The average Bonchev–Trinajstić information content (AvgIpc) is 2.66. The van der Waals surface area contributed by atoms with Gasteiger partial charge < -0.3 is 10.2 Å². The van der Waals surface area contributed by atoms with Crippen LogP contribution in [0.1, 0.15) is 19.5 Å². The Morgan fingerprint density at radius 2 is 2.22 bits per heavy atom. The number of rotatable bonds is 8. The molecule has 0 aliphatic heterocycles. The Hall–Kier alpha value is -0.390. The first-order valence-corrected chi connectivity index (χ1v) is 7.39. The molecule has 5 heteroatoms. The van der Waals surface area contributed by atoms with E-state index in [1.165, 1.54) is 5.69 Å². The summed E-state index contributed by atoms with van der Waals surface area (Å²) in [7, 11) is 4.18. The van der Waals surface area contributed by atoms with Crippen LogP contribution in [0.4, 0.5) is 0 Å². The van der Waals surface area contributed by atoms with Crippen LogP contribution in [0.25, 0.3) is 0 Å². The van der Waals surface area contributed by atoms with Gasteiger partial charge in [-0.1, -0.05) is 13.8 Å². The van der Waals surface area contributed by atoms with Crippen molar-refractivity contribution in [3.05, 3.63) is 16.4 Å². The summed E-state index contributed by atoms with van der Waals surface area (Å²) in [6, 6.07) is 0. The Bertz CT molecular complexity index is 349. The van der Waals surface area contributed by atoms with E-state index in [0.29, 0.717) is 5.92 Å². The van der Waals surface area contributed by atoms with Crippen molar-refractivity contribution < 1.29 is 0 Å². The molecule has 1 unspecified atom stereocenters. The van der Waals surface area contributed by atoms with Crippen LogP contribution in [0.15, 0.2) is 10.7 Å². The summed E-state index contributed by atoms with van der Waals surface area (Å²) in [5.74, 6) is 0.621. The van der Waals surface area contributed by atoms with Gasteiger partial charge in [0.05, 0.1) is 22.9 Å². The number of halogens is 1. The number of nitrogens with zero attached hydrogens (tertiary/aromatic N) is 3. The molecule has 0 radical (unpaired) electrons. The summed E-state index contributed by atoms with van der Waals surface area (Å²) < 4.78 is 3.25. The van der Waals surface area contributed by atoms with Crippen molar-refractivity contribution >= 4 is 15.9 Å². The third kappa shape index (κ3) is 5.08. The summed E-state index contributed by atoms with van der Waals surface area (Å²) in [5.41, 5.74) is 1.31. The standard InChI is InChI=1S/C13H25BrN4/c1-5-15-9-11(2)8-13-12(14)10-16-18(13)7-6-17(3)4/h10-11,15H,5-9H2,1-4H3. The Morgan fingerprint density at radius 3 is 2.83 bits per heavy atom. The Kier molecular flexibility index (Phi) is 6.89. The van der Waals surface area contributed by atoms with Gasteiger partial charge in [0, 0.05) is 6.54 Å². The molecule has 0 aliphatic carbocycles. The van der Waals surface area contributed by atoms with Crippen LogP contribution in [0.2, 0.25) is 0 Å². The highest BCUT2D eigenvalue weighted by Gasteiger charge is 2.12. The van der Waals surface area contributed by atoms with Crippen molar-refractivity contribution in [2.75, 3.05) is 33.7 Å². The maximum absolute atomic E-state index is 4.44. The van der Waals surface area contributed by atoms with Gasteiger partial charge in [-0.3, -0.25) is 4.68 Å². The third-order valence-corrected chi connectivity index (χ3v) is 3.60. The zero-order chi connectivity index (χ0) is 13.5. The molecule has 0 aliphatic rings. The first kappa shape index (κ1) is 15.7. The monoisotopic (exact) mass is 316 g/mol. The predicted molar refractivity (Wildman–Crippen MR) is 79.9 cm³/mol. The second kappa shape index (κ2) is 7.92. The first-order valence-electron chi connectivity index (χ1n) is 6.60. The van der Waals surface area contributed by atoms with Crippen molar-refractivity contribution in [1.82, 2.24) is 20.0 Å². The highest BCUT2D eigenvalue weighted by Crippen LogP contribution is 2.19. The van der Waals surface area contributed by atoms with Gasteiger partial charge in [-0.15, -0.1) is 0 Å². The molecule has 1 heterocycles. The summed E-state index contributed by atoms with van der Waals surface area (Å²) in [6.45, 7) is 8.47. The van der Waals surface area contributed by atoms with Gasteiger partial charge in [0.15, 0.2) is 0 Å². The van der Waals surface area contributed by atoms with Crippen LogP contribution >= 0.6 is 15.9 Å². The maximum Gasteiger partial charge on any atom is 0.0635 e. The molecule has 1 aromatic heterocycles. The van der Waals surface area contributed by atoms with Gasteiger partial charge in [-0.25, -0.2) is 0 Å². The largest absolute Gasteiger partial charge is 0.317 e. The molecule has 0 fully saturated rings. The molecule has 1 aromatic rings. The number of likely N-dealkylation sites (N-methyl/N-ethyl adjacent to an activating group) is 1. The topological polar surface area (TPSA) is 33.1 Å². The lowest BCUT2D eigenvalue weighted by Crippen LogP contribution is -2.24. The zero-order valence-electron chi connectivity index (χ0n) is 11.9. The fourth-order valence-corrected chi connectivity index (χ4v) is 2.33. The predicted octanol–water partition coefficient (Wildman–Crippen LogP) is 2.00. The molecule has 0 amide bonds. The minimum absolute atomic E-state index is 0.621. The quantitative estimate of drug-likeness (QED) is 0.796. The van der Waals surface area contributed by atoms with Crippen LogP contribution in [-0.2, 0) is 13.0 Å². The number of hydrogen-bond acceptors (Lipinski definition) is 3. The van der Waals surface area contributed by atoms with E-state index in [1.54, 1.807) is 0 Å². The van der Waals surface area contributed by atoms with Crippen LogP contribution in [0, 0.1) is 5.92 Å². The maximum atomic E-state index is 4.44. The molecule has 4 nitrogen and oxygen atoms in total. The number of nitrogens with one attached hydrogen (secondary N) is 1. The van der Waals surface area contributed by atoms with E-state index in [0.717, 1.165) is 37.1 Å². The fraction of sp³-hybridized carbons (Fsp3) is 0.769. The van der Waals surface area contributed by atoms with E-state index in [1.807, 2.05) is 6.20 Å². The van der Waals surface area contributed by atoms with E-state index in [-0.39, 0.29) is 0 Å². The Labute approximate surface area is 119 Å². The van der Waals surface area contributed by atoms with E-state index in [9.17, 15) is 0 Å². The highest BCUT2D eigenvalue weighted by atomic mass is 79.9. The molecule has 104 valence electrons. The first-order chi connectivity index (χ1) is 8.54. The third-order valence-electron chi connectivity index (χ3n) is 2.94. The van der Waals surface area contributed by atoms with Crippen molar-refractivity contribution in [3.8, 4) is 0 Å². The molecule has 0 spiro atoms. The zero-order valence-corrected chi connectivity index (χ0v) is 13.5. The van der Waals surface area contributed by atoms with Gasteiger partial charge in [-0.05, 0) is 55.5 Å². The van der Waals surface area contributed by atoms with Crippen LogP contribution < -0.4 is 5.32 Å². The second-order valence-electron chi connectivity index (χ2n) is 5.08. The fourth-order valence-electron chi connectivity index (χ4n) is 1.87. The average molecular weight is 317 g/mol. The lowest BCUT2D eigenvalue weighted by atomic mass is 10.1. The van der Waals surface area contributed by atoms with Crippen LogP contribution in [0.5, 0.6) is 0 Å². The van der Waals surface area contributed by atoms with Gasteiger partial charge in [0.2, 0.25) is 0 Å². The van der Waals surface area contributed by atoms with Crippen molar-refractivity contribution in [3.63, 3.8) is 0 Å². The molecule has 1 rings (SSSR count). The van der Waals surface area contributed by atoms with E-state index < -0.39 is 0 Å². The summed E-state index contributed by atoms with van der Waals surface area (Å²) >= 11 is 3.60. The van der Waals surface area contributed by atoms with Gasteiger partial charge >= 0.3 is 0 Å². The molecule has 0 saturated carbocycles. The van der Waals surface area contributed by atoms with Crippen LogP contribution in [0.3, 0.4) is 0 Å². The van der Waals surface area contributed by atoms with Gasteiger partial charge in [-0.2, -0.15) is 5.10 Å². The number of aromatic nitrogens is 2. The minimum Gasteiger partial charge on any atom is -0.317 e.